The van der Waals surface area contributed by atoms with Gasteiger partial charge in [-0.3, -0.25) is 0 Å². The Bertz CT molecular complexity index is 1540. The van der Waals surface area contributed by atoms with Gasteiger partial charge in [-0.2, -0.15) is 0 Å². The first kappa shape index (κ1) is 40.5. The highest BCUT2D eigenvalue weighted by atomic mass is 32.2. The van der Waals surface area contributed by atoms with Gasteiger partial charge >= 0.3 is 0 Å². The summed E-state index contributed by atoms with van der Waals surface area (Å²) in [5.74, 6) is 5.17. The van der Waals surface area contributed by atoms with Crippen LogP contribution >= 0.6 is 23.5 Å². The molecule has 0 amide bonds. The lowest BCUT2D eigenvalue weighted by Gasteiger charge is -2.19. The number of thioether (sulfide) groups is 2. The van der Waals surface area contributed by atoms with Crippen molar-refractivity contribution >= 4 is 55.8 Å². The summed E-state index contributed by atoms with van der Waals surface area (Å²) in [5, 5.41) is 7.57. The van der Waals surface area contributed by atoms with E-state index in [1.807, 2.05) is 44.9 Å². The van der Waals surface area contributed by atoms with Crippen molar-refractivity contribution in [3.05, 3.63) is 42.0 Å². The van der Waals surface area contributed by atoms with Crippen molar-refractivity contribution < 1.29 is 14.2 Å². The minimum Gasteiger partial charge on any atom is -0.496 e. The van der Waals surface area contributed by atoms with Gasteiger partial charge in [0.25, 0.3) is 0 Å². The highest BCUT2D eigenvalue weighted by molar-refractivity contribution is 7.99. The Morgan fingerprint density at radius 1 is 0.380 bits per heavy atom. The standard InChI is InChI=1S/C45H66O3S2/c1-7-10-13-16-19-22-25-34-28-35-36(29-41(34)46-4)39-32-44(49-26-23-20-17-14-11-8-2)43(48-6)31-38(39)40-33-45(42(47-5)30-37(35)40)50-27-24-21-18-15-12-9-3/h28-33H,7-27H2,1-6H3. The normalized spacial score (nSPS) is 11.6. The first-order valence-corrected chi connectivity index (χ1v) is 22.0. The van der Waals surface area contributed by atoms with Crippen LogP contribution in [0.3, 0.4) is 0 Å². The molecule has 276 valence electrons. The van der Waals surface area contributed by atoms with E-state index < -0.39 is 0 Å². The smallest absolute Gasteiger partial charge is 0.133 e. The zero-order chi connectivity index (χ0) is 35.6. The molecule has 4 rings (SSSR count). The van der Waals surface area contributed by atoms with Crippen LogP contribution in [0.4, 0.5) is 0 Å². The molecule has 0 N–H and O–H groups in total. The van der Waals surface area contributed by atoms with E-state index in [1.54, 1.807) is 0 Å². The minimum atomic E-state index is 0.970. The summed E-state index contributed by atoms with van der Waals surface area (Å²) in [4.78, 5) is 2.46. The maximum atomic E-state index is 6.10. The highest BCUT2D eigenvalue weighted by Gasteiger charge is 2.18. The zero-order valence-electron chi connectivity index (χ0n) is 32.4. The molecule has 3 nitrogen and oxygen atoms in total. The molecule has 0 fully saturated rings. The van der Waals surface area contributed by atoms with Crippen LogP contribution in [0.5, 0.6) is 17.2 Å². The third-order valence-electron chi connectivity index (χ3n) is 10.2. The van der Waals surface area contributed by atoms with Crippen LogP contribution in [-0.4, -0.2) is 32.8 Å². The minimum absolute atomic E-state index is 0.970. The second kappa shape index (κ2) is 22.6. The van der Waals surface area contributed by atoms with Gasteiger partial charge < -0.3 is 14.2 Å². The lowest BCUT2D eigenvalue weighted by molar-refractivity contribution is 0.405. The van der Waals surface area contributed by atoms with Crippen molar-refractivity contribution in [3.8, 4) is 17.2 Å². The maximum Gasteiger partial charge on any atom is 0.133 e. The van der Waals surface area contributed by atoms with Gasteiger partial charge in [0.05, 0.1) is 21.3 Å². The van der Waals surface area contributed by atoms with Crippen LogP contribution in [0.2, 0.25) is 0 Å². The van der Waals surface area contributed by atoms with Crippen molar-refractivity contribution in [2.45, 2.75) is 153 Å². The molecule has 4 aromatic rings. The molecule has 0 saturated carbocycles. The van der Waals surface area contributed by atoms with E-state index in [9.17, 15) is 0 Å². The summed E-state index contributed by atoms with van der Waals surface area (Å²) in [5.41, 5.74) is 1.31. The van der Waals surface area contributed by atoms with Gasteiger partial charge in [-0.1, -0.05) is 117 Å². The van der Waals surface area contributed by atoms with E-state index in [0.29, 0.717) is 0 Å². The Kier molecular flexibility index (Phi) is 18.4. The molecular weight excluding hydrogens is 653 g/mol. The molecule has 50 heavy (non-hydrogen) atoms. The fourth-order valence-electron chi connectivity index (χ4n) is 7.24. The van der Waals surface area contributed by atoms with Crippen LogP contribution < -0.4 is 14.2 Å². The number of benzene rings is 4. The number of unbranched alkanes of at least 4 members (excludes halogenated alkanes) is 15. The number of hydrogen-bond acceptors (Lipinski definition) is 5. The Balaban J connectivity index is 1.76. The molecule has 0 aliphatic carbocycles. The third kappa shape index (κ3) is 11.4. The second-order valence-corrected chi connectivity index (χ2v) is 16.3. The first-order valence-electron chi connectivity index (χ1n) is 20.0. The van der Waals surface area contributed by atoms with Crippen molar-refractivity contribution in [2.75, 3.05) is 32.8 Å². The largest absolute Gasteiger partial charge is 0.496 e. The highest BCUT2D eigenvalue weighted by Crippen LogP contribution is 2.46. The number of rotatable bonds is 26. The molecule has 0 aliphatic rings. The van der Waals surface area contributed by atoms with Crippen molar-refractivity contribution in [1.29, 1.82) is 0 Å². The Morgan fingerprint density at radius 3 is 1.14 bits per heavy atom. The van der Waals surface area contributed by atoms with E-state index in [0.717, 1.165) is 35.2 Å². The van der Waals surface area contributed by atoms with Crippen LogP contribution in [0.15, 0.2) is 46.2 Å². The first-order chi connectivity index (χ1) is 24.6. The van der Waals surface area contributed by atoms with Crippen LogP contribution in [0.25, 0.3) is 32.3 Å². The summed E-state index contributed by atoms with van der Waals surface area (Å²) in [7, 11) is 5.47. The molecule has 0 spiro atoms. The van der Waals surface area contributed by atoms with E-state index in [4.69, 9.17) is 14.2 Å². The summed E-state index contributed by atoms with van der Waals surface area (Å²) < 4.78 is 18.3. The molecule has 5 heteroatoms. The second-order valence-electron chi connectivity index (χ2n) is 14.1. The fraction of sp³-hybridized carbons (Fsp3) is 0.600. The molecule has 4 aromatic carbocycles. The molecular formula is C45H66O3S2. The predicted octanol–water partition coefficient (Wildman–Crippen LogP) is 15.0. The monoisotopic (exact) mass is 718 g/mol. The third-order valence-corrected chi connectivity index (χ3v) is 12.5. The predicted molar refractivity (Wildman–Crippen MR) is 224 cm³/mol. The summed E-state index contributed by atoms with van der Waals surface area (Å²) >= 11 is 3.89. The van der Waals surface area contributed by atoms with Crippen LogP contribution in [-0.2, 0) is 6.42 Å². The molecule has 0 heterocycles. The Morgan fingerprint density at radius 2 is 0.720 bits per heavy atom. The molecule has 0 saturated heterocycles. The molecule has 0 aromatic heterocycles. The zero-order valence-corrected chi connectivity index (χ0v) is 34.0. The van der Waals surface area contributed by atoms with Gasteiger partial charge in [-0.05, 0) is 111 Å². The summed E-state index contributed by atoms with van der Waals surface area (Å²) in [6.45, 7) is 6.86. The van der Waals surface area contributed by atoms with Crippen molar-refractivity contribution in [3.63, 3.8) is 0 Å². The Hall–Kier alpha value is -2.24. The number of hydrogen-bond donors (Lipinski definition) is 0. The molecule has 0 unspecified atom stereocenters. The van der Waals surface area contributed by atoms with E-state index in [-0.39, 0.29) is 0 Å². The topological polar surface area (TPSA) is 27.7 Å². The lowest BCUT2D eigenvalue weighted by Crippen LogP contribution is -1.96. The van der Waals surface area contributed by atoms with E-state index in [2.05, 4.69) is 57.2 Å². The molecule has 0 atom stereocenters. The van der Waals surface area contributed by atoms with Crippen LogP contribution in [0, 0.1) is 0 Å². The molecule has 0 bridgehead atoms. The van der Waals surface area contributed by atoms with Crippen molar-refractivity contribution in [2.24, 2.45) is 0 Å². The number of aryl methyl sites for hydroxylation is 1. The fourth-order valence-corrected chi connectivity index (χ4v) is 9.34. The van der Waals surface area contributed by atoms with E-state index in [1.165, 1.54) is 163 Å². The SMILES string of the molecule is CCCCCCCCSc1cc2c3cc(OC)c(CCCCCCCC)cc3c3cc(OC)c(SCCCCCCCC)cc3c2cc1OC. The Labute approximate surface area is 313 Å². The number of ether oxygens (including phenoxy) is 3. The van der Waals surface area contributed by atoms with Gasteiger partial charge in [-0.15, -0.1) is 23.5 Å². The van der Waals surface area contributed by atoms with E-state index >= 15 is 0 Å². The number of methoxy groups -OCH3 is 3. The molecule has 0 radical (unpaired) electrons. The maximum absolute atomic E-state index is 6.10. The summed E-state index contributed by atoms with van der Waals surface area (Å²) in [6.07, 6.45) is 24.5. The average molecular weight is 719 g/mol. The molecule has 0 aliphatic heterocycles. The van der Waals surface area contributed by atoms with Gasteiger partial charge in [0.1, 0.15) is 17.2 Å². The summed E-state index contributed by atoms with van der Waals surface area (Å²) in [6, 6.07) is 14.1. The quantitative estimate of drug-likeness (QED) is 0.0366. The van der Waals surface area contributed by atoms with Crippen LogP contribution in [0.1, 0.15) is 142 Å². The van der Waals surface area contributed by atoms with Gasteiger partial charge in [0.15, 0.2) is 0 Å². The number of fused-ring (bicyclic) bond motifs is 6. The average Bonchev–Trinajstić information content (AvgIpc) is 3.14. The van der Waals surface area contributed by atoms with Gasteiger partial charge in [-0.25, -0.2) is 0 Å². The van der Waals surface area contributed by atoms with Crippen molar-refractivity contribution in [1.82, 2.24) is 0 Å². The lowest BCUT2D eigenvalue weighted by atomic mass is 9.91. The van der Waals surface area contributed by atoms with Gasteiger partial charge in [0.2, 0.25) is 0 Å². The van der Waals surface area contributed by atoms with Gasteiger partial charge in [0, 0.05) is 9.79 Å².